The second kappa shape index (κ2) is 5.46. The Bertz CT molecular complexity index is 323. The fourth-order valence-corrected chi connectivity index (χ4v) is 1.43. The van der Waals surface area contributed by atoms with Gasteiger partial charge in [-0.15, -0.1) is 0 Å². The van der Waals surface area contributed by atoms with Gasteiger partial charge in [-0.25, -0.2) is 0 Å². The van der Waals surface area contributed by atoms with Crippen molar-refractivity contribution in [1.82, 2.24) is 0 Å². The van der Waals surface area contributed by atoms with Gasteiger partial charge in [0, 0.05) is 12.7 Å². The lowest BCUT2D eigenvalue weighted by molar-refractivity contribution is 0.180. The van der Waals surface area contributed by atoms with Gasteiger partial charge in [-0.2, -0.15) is 0 Å². The second-order valence-electron chi connectivity index (χ2n) is 2.93. The maximum Gasteiger partial charge on any atom is 0.203 e. The summed E-state index contributed by atoms with van der Waals surface area (Å²) >= 11 is 0. The number of hydrogen-bond acceptors (Lipinski definition) is 4. The SMILES string of the molecule is COCc1ccc(OC)c(OC)c1OC. The summed E-state index contributed by atoms with van der Waals surface area (Å²) in [5.41, 5.74) is 0.928. The first-order valence-corrected chi connectivity index (χ1v) is 4.55. The molecule has 0 aliphatic heterocycles. The lowest BCUT2D eigenvalue weighted by atomic mass is 10.2. The Morgan fingerprint density at radius 1 is 0.867 bits per heavy atom. The highest BCUT2D eigenvalue weighted by Crippen LogP contribution is 2.39. The van der Waals surface area contributed by atoms with Gasteiger partial charge in [0.2, 0.25) is 5.75 Å². The fraction of sp³-hybridized carbons (Fsp3) is 0.455. The van der Waals surface area contributed by atoms with Crippen molar-refractivity contribution in [2.75, 3.05) is 28.4 Å². The quantitative estimate of drug-likeness (QED) is 0.746. The molecule has 0 unspecified atom stereocenters. The van der Waals surface area contributed by atoms with Crippen LogP contribution in [0.2, 0.25) is 0 Å². The second-order valence-corrected chi connectivity index (χ2v) is 2.93. The van der Waals surface area contributed by atoms with Gasteiger partial charge < -0.3 is 18.9 Å². The van der Waals surface area contributed by atoms with Crippen molar-refractivity contribution < 1.29 is 18.9 Å². The number of hydrogen-bond donors (Lipinski definition) is 0. The highest BCUT2D eigenvalue weighted by atomic mass is 16.5. The Morgan fingerprint density at radius 3 is 2.00 bits per heavy atom. The van der Waals surface area contributed by atoms with Gasteiger partial charge in [0.25, 0.3) is 0 Å². The molecule has 4 heteroatoms. The van der Waals surface area contributed by atoms with Crippen LogP contribution in [-0.2, 0) is 11.3 Å². The molecule has 0 heterocycles. The van der Waals surface area contributed by atoms with Crippen molar-refractivity contribution in [3.05, 3.63) is 17.7 Å². The molecule has 84 valence electrons. The van der Waals surface area contributed by atoms with Crippen LogP contribution in [0.1, 0.15) is 5.56 Å². The molecule has 1 aromatic rings. The number of ether oxygens (including phenoxy) is 4. The van der Waals surface area contributed by atoms with Gasteiger partial charge in [-0.1, -0.05) is 0 Å². The zero-order valence-electron chi connectivity index (χ0n) is 9.49. The van der Waals surface area contributed by atoms with Gasteiger partial charge in [0.1, 0.15) is 0 Å². The monoisotopic (exact) mass is 212 g/mol. The molecule has 0 saturated carbocycles. The summed E-state index contributed by atoms with van der Waals surface area (Å²) in [7, 11) is 6.40. The summed E-state index contributed by atoms with van der Waals surface area (Å²) in [6.45, 7) is 0.476. The molecule has 0 aromatic heterocycles. The molecule has 1 rings (SSSR count). The van der Waals surface area contributed by atoms with Crippen LogP contribution in [0.4, 0.5) is 0 Å². The minimum atomic E-state index is 0.476. The predicted molar refractivity (Wildman–Crippen MR) is 56.8 cm³/mol. The van der Waals surface area contributed by atoms with E-state index in [-0.39, 0.29) is 0 Å². The minimum absolute atomic E-state index is 0.476. The Morgan fingerprint density at radius 2 is 1.53 bits per heavy atom. The summed E-state index contributed by atoms with van der Waals surface area (Å²) in [5, 5.41) is 0. The van der Waals surface area contributed by atoms with E-state index < -0.39 is 0 Å². The summed E-state index contributed by atoms with van der Waals surface area (Å²) < 4.78 is 20.8. The predicted octanol–water partition coefficient (Wildman–Crippen LogP) is 1.86. The topological polar surface area (TPSA) is 36.9 Å². The van der Waals surface area contributed by atoms with E-state index in [1.165, 1.54) is 0 Å². The van der Waals surface area contributed by atoms with Gasteiger partial charge in [0.15, 0.2) is 11.5 Å². The summed E-state index contributed by atoms with van der Waals surface area (Å²) in [5.74, 6) is 1.89. The average Bonchev–Trinajstić information content (AvgIpc) is 2.28. The van der Waals surface area contributed by atoms with Crippen molar-refractivity contribution in [3.63, 3.8) is 0 Å². The lowest BCUT2D eigenvalue weighted by Crippen LogP contribution is -1.99. The van der Waals surface area contributed by atoms with Crippen molar-refractivity contribution in [2.45, 2.75) is 6.61 Å². The third-order valence-electron chi connectivity index (χ3n) is 2.09. The third kappa shape index (κ3) is 2.33. The molecule has 0 radical (unpaired) electrons. The van der Waals surface area contributed by atoms with Crippen LogP contribution in [0, 0.1) is 0 Å². The highest BCUT2D eigenvalue weighted by molar-refractivity contribution is 5.55. The molecule has 0 amide bonds. The van der Waals surface area contributed by atoms with Gasteiger partial charge >= 0.3 is 0 Å². The Kier molecular flexibility index (Phi) is 4.24. The van der Waals surface area contributed by atoms with Crippen LogP contribution in [0.5, 0.6) is 17.2 Å². The van der Waals surface area contributed by atoms with Crippen LogP contribution in [-0.4, -0.2) is 28.4 Å². The van der Waals surface area contributed by atoms with E-state index in [1.54, 1.807) is 28.4 Å². The maximum atomic E-state index is 5.28. The Balaban J connectivity index is 3.21. The van der Waals surface area contributed by atoms with E-state index in [0.29, 0.717) is 23.9 Å². The average molecular weight is 212 g/mol. The van der Waals surface area contributed by atoms with E-state index in [2.05, 4.69) is 0 Å². The minimum Gasteiger partial charge on any atom is -0.493 e. The van der Waals surface area contributed by atoms with Crippen molar-refractivity contribution >= 4 is 0 Å². The molecule has 0 atom stereocenters. The molecule has 0 saturated heterocycles. The largest absolute Gasteiger partial charge is 0.493 e. The Labute approximate surface area is 89.7 Å². The molecular weight excluding hydrogens is 196 g/mol. The van der Waals surface area contributed by atoms with Crippen LogP contribution in [0.15, 0.2) is 12.1 Å². The molecule has 0 aliphatic carbocycles. The van der Waals surface area contributed by atoms with E-state index in [4.69, 9.17) is 18.9 Å². The number of rotatable bonds is 5. The van der Waals surface area contributed by atoms with Gasteiger partial charge in [-0.3, -0.25) is 0 Å². The first-order valence-electron chi connectivity index (χ1n) is 4.55. The van der Waals surface area contributed by atoms with Crippen molar-refractivity contribution in [2.24, 2.45) is 0 Å². The highest BCUT2D eigenvalue weighted by Gasteiger charge is 2.15. The summed E-state index contributed by atoms with van der Waals surface area (Å²) in [6, 6.07) is 3.72. The molecule has 0 aliphatic rings. The standard InChI is InChI=1S/C11H16O4/c1-12-7-8-5-6-9(13-2)11(15-4)10(8)14-3/h5-6H,7H2,1-4H3. The lowest BCUT2D eigenvalue weighted by Gasteiger charge is -2.15. The molecule has 4 nitrogen and oxygen atoms in total. The Hall–Kier alpha value is -1.42. The normalized spacial score (nSPS) is 9.87. The summed E-state index contributed by atoms with van der Waals surface area (Å²) in [6.07, 6.45) is 0. The summed E-state index contributed by atoms with van der Waals surface area (Å²) in [4.78, 5) is 0. The van der Waals surface area contributed by atoms with Crippen LogP contribution >= 0.6 is 0 Å². The van der Waals surface area contributed by atoms with Crippen molar-refractivity contribution in [3.8, 4) is 17.2 Å². The van der Waals surface area contributed by atoms with Crippen molar-refractivity contribution in [1.29, 1.82) is 0 Å². The zero-order chi connectivity index (χ0) is 11.3. The molecule has 0 bridgehead atoms. The van der Waals surface area contributed by atoms with Gasteiger partial charge in [0.05, 0.1) is 27.9 Å². The first-order chi connectivity index (χ1) is 7.28. The zero-order valence-corrected chi connectivity index (χ0v) is 9.49. The first kappa shape index (κ1) is 11.7. The molecule has 0 N–H and O–H groups in total. The van der Waals surface area contributed by atoms with Crippen LogP contribution in [0.3, 0.4) is 0 Å². The number of methoxy groups -OCH3 is 4. The third-order valence-corrected chi connectivity index (χ3v) is 2.09. The molecule has 0 spiro atoms. The molecule has 0 fully saturated rings. The van der Waals surface area contributed by atoms with Gasteiger partial charge in [-0.05, 0) is 12.1 Å². The maximum absolute atomic E-state index is 5.28. The van der Waals surface area contributed by atoms with Crippen LogP contribution < -0.4 is 14.2 Å². The molecule has 1 aromatic carbocycles. The molecule has 15 heavy (non-hydrogen) atoms. The van der Waals surface area contributed by atoms with Crippen LogP contribution in [0.25, 0.3) is 0 Å². The van der Waals surface area contributed by atoms with E-state index in [0.717, 1.165) is 5.56 Å². The fourth-order valence-electron chi connectivity index (χ4n) is 1.43. The smallest absolute Gasteiger partial charge is 0.203 e. The van der Waals surface area contributed by atoms with E-state index >= 15 is 0 Å². The number of benzene rings is 1. The van der Waals surface area contributed by atoms with E-state index in [1.807, 2.05) is 12.1 Å². The van der Waals surface area contributed by atoms with E-state index in [9.17, 15) is 0 Å². The molecular formula is C11H16O4.